The van der Waals surface area contributed by atoms with Crippen molar-refractivity contribution < 1.29 is 23.8 Å². The lowest BCUT2D eigenvalue weighted by Crippen LogP contribution is -2.20. The van der Waals surface area contributed by atoms with E-state index in [1.165, 1.54) is 26.3 Å². The number of nitrogens with one attached hydrogen (secondary N) is 1. The second-order valence-electron chi connectivity index (χ2n) is 4.00. The molecule has 0 bridgehead atoms. The Labute approximate surface area is 110 Å². The van der Waals surface area contributed by atoms with Crippen molar-refractivity contribution in [3.05, 3.63) is 29.6 Å². The van der Waals surface area contributed by atoms with Crippen molar-refractivity contribution in [3.8, 4) is 5.75 Å². The van der Waals surface area contributed by atoms with Gasteiger partial charge in [0.2, 0.25) is 5.91 Å². The maximum atomic E-state index is 13.5. The lowest BCUT2D eigenvalue weighted by molar-refractivity contribution is -0.139. The summed E-state index contributed by atoms with van der Waals surface area (Å²) in [5.41, 5.74) is 0.315. The molecule has 1 amide bonds. The van der Waals surface area contributed by atoms with E-state index in [0.717, 1.165) is 6.07 Å². The summed E-state index contributed by atoms with van der Waals surface area (Å²) < 4.78 is 18.3. The SMILES string of the molecule is CNC(=O)CCC(C(=O)O)c1ccc(OC)c(F)c1. The lowest BCUT2D eigenvalue weighted by atomic mass is 9.94. The second kappa shape index (κ2) is 6.72. The van der Waals surface area contributed by atoms with Crippen molar-refractivity contribution in [1.29, 1.82) is 0 Å². The van der Waals surface area contributed by atoms with Crippen LogP contribution >= 0.6 is 0 Å². The van der Waals surface area contributed by atoms with Crippen LogP contribution < -0.4 is 10.1 Å². The van der Waals surface area contributed by atoms with Crippen LogP contribution in [-0.2, 0) is 9.59 Å². The first-order valence-corrected chi connectivity index (χ1v) is 5.76. The zero-order valence-corrected chi connectivity index (χ0v) is 10.8. The molecule has 1 rings (SSSR count). The van der Waals surface area contributed by atoms with Gasteiger partial charge in [-0.1, -0.05) is 6.07 Å². The predicted octanol–water partition coefficient (Wildman–Crippen LogP) is 1.53. The standard InChI is InChI=1S/C13H16FNO4/c1-15-12(16)6-4-9(13(17)18)8-3-5-11(19-2)10(14)7-8/h3,5,7,9H,4,6H2,1-2H3,(H,15,16)(H,17,18). The molecule has 0 aromatic heterocycles. The van der Waals surface area contributed by atoms with Gasteiger partial charge in [0.05, 0.1) is 13.0 Å². The molecule has 0 saturated heterocycles. The van der Waals surface area contributed by atoms with Gasteiger partial charge in [0.1, 0.15) is 0 Å². The van der Waals surface area contributed by atoms with E-state index in [1.807, 2.05) is 0 Å². The molecule has 5 nitrogen and oxygen atoms in total. The molecular weight excluding hydrogens is 253 g/mol. The summed E-state index contributed by atoms with van der Waals surface area (Å²) in [4.78, 5) is 22.3. The molecule has 2 N–H and O–H groups in total. The molecule has 0 fully saturated rings. The summed E-state index contributed by atoms with van der Waals surface area (Å²) in [6.07, 6.45) is 0.182. The fraction of sp³-hybridized carbons (Fsp3) is 0.385. The van der Waals surface area contributed by atoms with Crippen molar-refractivity contribution >= 4 is 11.9 Å². The summed E-state index contributed by atoms with van der Waals surface area (Å²) >= 11 is 0. The fourth-order valence-electron chi connectivity index (χ4n) is 1.73. The number of amides is 1. The van der Waals surface area contributed by atoms with E-state index in [4.69, 9.17) is 9.84 Å². The molecule has 0 heterocycles. The summed E-state index contributed by atoms with van der Waals surface area (Å²) in [6, 6.07) is 3.99. The van der Waals surface area contributed by atoms with Crippen LogP contribution in [0.15, 0.2) is 18.2 Å². The van der Waals surface area contributed by atoms with Crippen LogP contribution in [-0.4, -0.2) is 31.1 Å². The van der Waals surface area contributed by atoms with Crippen molar-refractivity contribution in [2.24, 2.45) is 0 Å². The third kappa shape index (κ3) is 3.94. The Bertz CT molecular complexity index is 476. The Hall–Kier alpha value is -2.11. The minimum atomic E-state index is -1.09. The maximum Gasteiger partial charge on any atom is 0.310 e. The van der Waals surface area contributed by atoms with Crippen LogP contribution in [0.4, 0.5) is 4.39 Å². The number of carbonyl (C=O) groups is 2. The maximum absolute atomic E-state index is 13.5. The van der Waals surface area contributed by atoms with E-state index in [1.54, 1.807) is 0 Å². The van der Waals surface area contributed by atoms with E-state index in [2.05, 4.69) is 5.32 Å². The van der Waals surface area contributed by atoms with Gasteiger partial charge in [-0.3, -0.25) is 9.59 Å². The minimum absolute atomic E-state index is 0.0548. The molecule has 1 unspecified atom stereocenters. The first kappa shape index (κ1) is 14.9. The number of carbonyl (C=O) groups excluding carboxylic acids is 1. The molecule has 1 atom stereocenters. The molecule has 0 aliphatic rings. The zero-order chi connectivity index (χ0) is 14.4. The fourth-order valence-corrected chi connectivity index (χ4v) is 1.73. The van der Waals surface area contributed by atoms with Crippen molar-refractivity contribution in [2.45, 2.75) is 18.8 Å². The highest BCUT2D eigenvalue weighted by Crippen LogP contribution is 2.26. The smallest absolute Gasteiger partial charge is 0.310 e. The van der Waals surface area contributed by atoms with Gasteiger partial charge in [-0.25, -0.2) is 4.39 Å². The molecule has 0 aliphatic carbocycles. The number of hydrogen-bond acceptors (Lipinski definition) is 3. The van der Waals surface area contributed by atoms with Crippen molar-refractivity contribution in [3.63, 3.8) is 0 Å². The first-order valence-electron chi connectivity index (χ1n) is 5.76. The van der Waals surface area contributed by atoms with E-state index >= 15 is 0 Å². The van der Waals surface area contributed by atoms with Crippen LogP contribution in [0, 0.1) is 5.82 Å². The van der Waals surface area contributed by atoms with Gasteiger partial charge in [0.15, 0.2) is 11.6 Å². The Morgan fingerprint density at radius 1 is 1.47 bits per heavy atom. The van der Waals surface area contributed by atoms with Gasteiger partial charge in [-0.2, -0.15) is 0 Å². The largest absolute Gasteiger partial charge is 0.494 e. The van der Waals surface area contributed by atoms with E-state index in [-0.39, 0.29) is 24.5 Å². The van der Waals surface area contributed by atoms with Gasteiger partial charge in [-0.05, 0) is 24.1 Å². The Morgan fingerprint density at radius 2 is 2.16 bits per heavy atom. The molecule has 6 heteroatoms. The van der Waals surface area contributed by atoms with E-state index in [0.29, 0.717) is 5.56 Å². The number of aliphatic carboxylic acids is 1. The topological polar surface area (TPSA) is 75.6 Å². The molecule has 1 aromatic rings. The second-order valence-corrected chi connectivity index (χ2v) is 4.00. The number of rotatable bonds is 6. The Morgan fingerprint density at radius 3 is 2.63 bits per heavy atom. The Kier molecular flexibility index (Phi) is 5.29. The van der Waals surface area contributed by atoms with Crippen LogP contribution in [0.1, 0.15) is 24.3 Å². The van der Waals surface area contributed by atoms with Crippen LogP contribution in [0.2, 0.25) is 0 Å². The number of carboxylic acids is 1. The first-order chi connectivity index (χ1) is 8.99. The highest BCUT2D eigenvalue weighted by molar-refractivity contribution is 5.79. The highest BCUT2D eigenvalue weighted by Gasteiger charge is 2.22. The van der Waals surface area contributed by atoms with E-state index in [9.17, 15) is 14.0 Å². The number of ether oxygens (including phenoxy) is 1. The molecule has 1 aromatic carbocycles. The molecular formula is C13H16FNO4. The van der Waals surface area contributed by atoms with Gasteiger partial charge in [0, 0.05) is 13.5 Å². The highest BCUT2D eigenvalue weighted by atomic mass is 19.1. The third-order valence-corrected chi connectivity index (χ3v) is 2.82. The summed E-state index contributed by atoms with van der Waals surface area (Å²) in [5, 5.41) is 11.6. The van der Waals surface area contributed by atoms with Gasteiger partial charge < -0.3 is 15.2 Å². The van der Waals surface area contributed by atoms with Crippen LogP contribution in [0.5, 0.6) is 5.75 Å². The van der Waals surface area contributed by atoms with Crippen molar-refractivity contribution in [2.75, 3.05) is 14.2 Å². The molecule has 0 spiro atoms. The van der Waals surface area contributed by atoms with E-state index < -0.39 is 17.7 Å². The van der Waals surface area contributed by atoms with Gasteiger partial charge >= 0.3 is 5.97 Å². The predicted molar refractivity (Wildman–Crippen MR) is 66.6 cm³/mol. The summed E-state index contributed by atoms with van der Waals surface area (Å²) in [7, 11) is 2.81. The molecule has 19 heavy (non-hydrogen) atoms. The third-order valence-electron chi connectivity index (χ3n) is 2.82. The quantitative estimate of drug-likeness (QED) is 0.821. The van der Waals surface area contributed by atoms with Gasteiger partial charge in [0.25, 0.3) is 0 Å². The van der Waals surface area contributed by atoms with Crippen LogP contribution in [0.3, 0.4) is 0 Å². The number of hydrogen-bond donors (Lipinski definition) is 2. The van der Waals surface area contributed by atoms with Crippen LogP contribution in [0.25, 0.3) is 0 Å². The average molecular weight is 269 g/mol. The average Bonchev–Trinajstić information content (AvgIpc) is 2.38. The zero-order valence-electron chi connectivity index (χ0n) is 10.8. The monoisotopic (exact) mass is 269 g/mol. The molecule has 0 saturated carbocycles. The molecule has 0 radical (unpaired) electrons. The minimum Gasteiger partial charge on any atom is -0.494 e. The normalized spacial score (nSPS) is 11.7. The Balaban J connectivity index is 2.90. The summed E-state index contributed by atoms with van der Waals surface area (Å²) in [6.45, 7) is 0. The van der Waals surface area contributed by atoms with Gasteiger partial charge in [-0.15, -0.1) is 0 Å². The molecule has 104 valence electrons. The molecule has 0 aliphatic heterocycles. The number of carboxylic acid groups (broad SMARTS) is 1. The number of benzene rings is 1. The number of methoxy groups -OCH3 is 1. The summed E-state index contributed by atoms with van der Waals surface area (Å²) in [5.74, 6) is -2.82. The number of halogens is 1. The van der Waals surface area contributed by atoms with Crippen molar-refractivity contribution in [1.82, 2.24) is 5.32 Å². The lowest BCUT2D eigenvalue weighted by Gasteiger charge is -2.13.